The van der Waals surface area contributed by atoms with Crippen LogP contribution < -0.4 is 5.73 Å². The highest BCUT2D eigenvalue weighted by molar-refractivity contribution is 5.89. The zero-order chi connectivity index (χ0) is 16.0. The second kappa shape index (κ2) is 5.03. The van der Waals surface area contributed by atoms with Gasteiger partial charge in [0.05, 0.1) is 28.9 Å². The van der Waals surface area contributed by atoms with Crippen LogP contribution in [0, 0.1) is 24.2 Å². The molecule has 2 atom stereocenters. The molecule has 5 nitrogen and oxygen atoms in total. The highest BCUT2D eigenvalue weighted by atomic mass is 14.8. The number of hydrogen-bond donors (Lipinski definition) is 1. The number of nitriles is 1. The van der Waals surface area contributed by atoms with Crippen molar-refractivity contribution in [2.45, 2.75) is 19.3 Å². The average Bonchev–Trinajstić information content (AvgIpc) is 3.34. The maximum absolute atomic E-state index is 9.01. The van der Waals surface area contributed by atoms with Crippen LogP contribution in [0.2, 0.25) is 0 Å². The number of pyridine rings is 3. The summed E-state index contributed by atoms with van der Waals surface area (Å²) in [5.41, 5.74) is 12.2. The van der Waals surface area contributed by atoms with Gasteiger partial charge in [-0.2, -0.15) is 5.26 Å². The molecular formula is C18H15N5. The molecule has 3 aromatic rings. The number of rotatable bonds is 2. The lowest BCUT2D eigenvalue weighted by Gasteiger charge is -2.09. The lowest BCUT2D eigenvalue weighted by atomic mass is 10.1. The summed E-state index contributed by atoms with van der Waals surface area (Å²) in [6.07, 6.45) is 6.28. The number of fused-ring (bicyclic) bond motifs is 1. The topological polar surface area (TPSA) is 88.5 Å². The van der Waals surface area contributed by atoms with E-state index in [4.69, 9.17) is 16.0 Å². The van der Waals surface area contributed by atoms with Crippen LogP contribution in [-0.4, -0.2) is 15.0 Å². The number of aromatic nitrogens is 3. The molecule has 23 heavy (non-hydrogen) atoms. The van der Waals surface area contributed by atoms with Crippen molar-refractivity contribution in [2.24, 2.45) is 5.92 Å². The molecule has 3 aromatic heterocycles. The highest BCUT2D eigenvalue weighted by Gasteiger charge is 2.38. The fraction of sp³-hybridized carbons (Fsp3) is 0.222. The smallest absolute Gasteiger partial charge is 0.112 e. The van der Waals surface area contributed by atoms with Crippen LogP contribution in [0.3, 0.4) is 0 Å². The summed E-state index contributed by atoms with van der Waals surface area (Å²) in [5, 5.41) is 9.01. The standard InChI is InChI=1S/C18H15N5/c1-10-2-3-21-9-14(10)16-6-15(20)18-17(23-16)5-12(8-22-18)13-4-11(13)7-19/h2-3,5-6,8-9,11,13H,4H2,1H3,(H2,20,23). The van der Waals surface area contributed by atoms with Crippen molar-refractivity contribution < 1.29 is 0 Å². The first kappa shape index (κ1) is 13.6. The fourth-order valence-corrected chi connectivity index (χ4v) is 2.93. The second-order valence-electron chi connectivity index (χ2n) is 6.00. The molecule has 0 amide bonds. The van der Waals surface area contributed by atoms with Gasteiger partial charge >= 0.3 is 0 Å². The van der Waals surface area contributed by atoms with Crippen molar-refractivity contribution in [1.82, 2.24) is 15.0 Å². The fourth-order valence-electron chi connectivity index (χ4n) is 2.93. The summed E-state index contributed by atoms with van der Waals surface area (Å²) in [5.74, 6) is 0.388. The van der Waals surface area contributed by atoms with Gasteiger partial charge in [0.2, 0.25) is 0 Å². The third-order valence-corrected chi connectivity index (χ3v) is 4.39. The van der Waals surface area contributed by atoms with Crippen LogP contribution in [0.1, 0.15) is 23.5 Å². The summed E-state index contributed by atoms with van der Waals surface area (Å²) in [7, 11) is 0. The first-order valence-corrected chi connectivity index (χ1v) is 7.54. The Morgan fingerprint density at radius 1 is 1.30 bits per heavy atom. The van der Waals surface area contributed by atoms with E-state index in [1.165, 1.54) is 0 Å². The first-order valence-electron chi connectivity index (χ1n) is 7.54. The maximum Gasteiger partial charge on any atom is 0.112 e. The van der Waals surface area contributed by atoms with E-state index >= 15 is 0 Å². The van der Waals surface area contributed by atoms with Gasteiger partial charge in [-0.1, -0.05) is 0 Å². The number of nitrogens with two attached hydrogens (primary N) is 1. The minimum Gasteiger partial charge on any atom is -0.397 e. The van der Waals surface area contributed by atoms with Crippen molar-refractivity contribution >= 4 is 16.7 Å². The molecule has 4 rings (SSSR count). The van der Waals surface area contributed by atoms with Crippen molar-refractivity contribution in [3.05, 3.63) is 47.9 Å². The Bertz CT molecular complexity index is 957. The summed E-state index contributed by atoms with van der Waals surface area (Å²) in [6, 6.07) is 8.11. The van der Waals surface area contributed by atoms with Crippen molar-refractivity contribution in [2.75, 3.05) is 5.73 Å². The highest BCUT2D eigenvalue weighted by Crippen LogP contribution is 2.47. The van der Waals surface area contributed by atoms with Crippen LogP contribution in [0.25, 0.3) is 22.3 Å². The first-order chi connectivity index (χ1) is 11.2. The quantitative estimate of drug-likeness (QED) is 0.785. The van der Waals surface area contributed by atoms with Crippen molar-refractivity contribution in [3.8, 4) is 17.3 Å². The van der Waals surface area contributed by atoms with Crippen LogP contribution in [0.4, 0.5) is 5.69 Å². The average molecular weight is 301 g/mol. The van der Waals surface area contributed by atoms with Gasteiger partial charge in [-0.15, -0.1) is 0 Å². The van der Waals surface area contributed by atoms with E-state index in [1.807, 2.05) is 31.3 Å². The largest absolute Gasteiger partial charge is 0.397 e. The third-order valence-electron chi connectivity index (χ3n) is 4.39. The molecule has 112 valence electrons. The number of nitrogen functional groups attached to an aromatic ring is 1. The Morgan fingerprint density at radius 3 is 2.91 bits per heavy atom. The molecule has 3 heterocycles. The SMILES string of the molecule is Cc1ccncc1-c1cc(N)c2ncc(C3CC3C#N)cc2n1. The van der Waals surface area contributed by atoms with Gasteiger partial charge in [-0.3, -0.25) is 9.97 Å². The van der Waals surface area contributed by atoms with Crippen LogP contribution in [-0.2, 0) is 0 Å². The van der Waals surface area contributed by atoms with Crippen LogP contribution in [0.15, 0.2) is 36.8 Å². The van der Waals surface area contributed by atoms with E-state index in [0.29, 0.717) is 11.2 Å². The Morgan fingerprint density at radius 2 is 2.17 bits per heavy atom. The molecule has 0 saturated heterocycles. The lowest BCUT2D eigenvalue weighted by molar-refractivity contribution is 1.01. The molecule has 2 N–H and O–H groups in total. The molecule has 1 aliphatic carbocycles. The van der Waals surface area contributed by atoms with Crippen LogP contribution in [0.5, 0.6) is 0 Å². The van der Waals surface area contributed by atoms with Gasteiger partial charge in [0.25, 0.3) is 0 Å². The summed E-state index contributed by atoms with van der Waals surface area (Å²) in [4.78, 5) is 13.4. The molecule has 0 radical (unpaired) electrons. The van der Waals surface area contributed by atoms with E-state index in [-0.39, 0.29) is 11.8 Å². The summed E-state index contributed by atoms with van der Waals surface area (Å²) in [6.45, 7) is 2.02. The van der Waals surface area contributed by atoms with Crippen molar-refractivity contribution in [1.29, 1.82) is 5.26 Å². The summed E-state index contributed by atoms with van der Waals surface area (Å²) >= 11 is 0. The Kier molecular flexibility index (Phi) is 2.98. The minimum absolute atomic E-state index is 0.107. The molecule has 1 saturated carbocycles. The summed E-state index contributed by atoms with van der Waals surface area (Å²) < 4.78 is 0. The molecule has 0 bridgehead atoms. The van der Waals surface area contributed by atoms with Gasteiger partial charge in [-0.25, -0.2) is 4.98 Å². The normalized spacial score (nSPS) is 19.5. The van der Waals surface area contributed by atoms with Gasteiger partial charge in [-0.05, 0) is 42.7 Å². The third kappa shape index (κ3) is 2.29. The van der Waals surface area contributed by atoms with Crippen LogP contribution >= 0.6 is 0 Å². The Hall–Kier alpha value is -3.00. The Balaban J connectivity index is 1.85. The molecule has 5 heteroatoms. The molecular weight excluding hydrogens is 286 g/mol. The van der Waals surface area contributed by atoms with E-state index in [0.717, 1.165) is 34.3 Å². The molecule has 1 fully saturated rings. The molecule has 2 unspecified atom stereocenters. The molecule has 1 aliphatic rings. The predicted octanol–water partition coefficient (Wildman–Crippen LogP) is 3.21. The second-order valence-corrected chi connectivity index (χ2v) is 6.00. The van der Waals surface area contributed by atoms with E-state index < -0.39 is 0 Å². The molecule has 0 aliphatic heterocycles. The van der Waals surface area contributed by atoms with Gasteiger partial charge in [0.1, 0.15) is 5.52 Å². The number of aryl methyl sites for hydroxylation is 1. The number of nitrogens with zero attached hydrogens (tertiary/aromatic N) is 4. The molecule has 0 aromatic carbocycles. The van der Waals surface area contributed by atoms with Crippen molar-refractivity contribution in [3.63, 3.8) is 0 Å². The zero-order valence-electron chi connectivity index (χ0n) is 12.7. The predicted molar refractivity (Wildman–Crippen MR) is 88.4 cm³/mol. The number of anilines is 1. The lowest BCUT2D eigenvalue weighted by Crippen LogP contribution is -1.97. The monoisotopic (exact) mass is 301 g/mol. The van der Waals surface area contributed by atoms with E-state index in [2.05, 4.69) is 16.0 Å². The zero-order valence-corrected chi connectivity index (χ0v) is 12.7. The molecule has 0 spiro atoms. The van der Waals surface area contributed by atoms with E-state index in [9.17, 15) is 0 Å². The van der Waals surface area contributed by atoms with E-state index in [1.54, 1.807) is 12.4 Å². The van der Waals surface area contributed by atoms with Gasteiger partial charge in [0.15, 0.2) is 0 Å². The Labute approximate surface area is 133 Å². The maximum atomic E-state index is 9.01. The minimum atomic E-state index is 0.107. The van der Waals surface area contributed by atoms with Gasteiger partial charge in [0, 0.05) is 30.1 Å². The van der Waals surface area contributed by atoms with Gasteiger partial charge < -0.3 is 5.73 Å². The number of hydrogen-bond acceptors (Lipinski definition) is 5.